The number of para-hydroxylation sites is 1. The number of aromatic nitrogens is 2. The standard InChI is InChI=1S/C22H20FN3/c23-17-9-7-16(8-10-17)14-22-20(19-5-1-2-6-21(19)26-22)11-13-25-18-4-3-12-24-15-18/h1-10,12,15,25-26H,11,13-14H2. The molecule has 0 aliphatic rings. The van der Waals surface area contributed by atoms with Crippen LogP contribution >= 0.6 is 0 Å². The summed E-state index contributed by atoms with van der Waals surface area (Å²) < 4.78 is 13.2. The summed E-state index contributed by atoms with van der Waals surface area (Å²) in [5.74, 6) is -0.203. The van der Waals surface area contributed by atoms with Crippen LogP contribution in [0.1, 0.15) is 16.8 Å². The predicted molar refractivity (Wildman–Crippen MR) is 104 cm³/mol. The van der Waals surface area contributed by atoms with Crippen LogP contribution in [0.25, 0.3) is 10.9 Å². The van der Waals surface area contributed by atoms with Crippen molar-refractivity contribution in [3.05, 3.63) is 95.7 Å². The highest BCUT2D eigenvalue weighted by atomic mass is 19.1. The summed E-state index contributed by atoms with van der Waals surface area (Å²) in [6.45, 7) is 0.823. The lowest BCUT2D eigenvalue weighted by Gasteiger charge is -2.08. The van der Waals surface area contributed by atoms with E-state index in [4.69, 9.17) is 0 Å². The van der Waals surface area contributed by atoms with E-state index in [0.717, 1.165) is 36.2 Å². The fourth-order valence-electron chi connectivity index (χ4n) is 3.30. The fourth-order valence-corrected chi connectivity index (χ4v) is 3.30. The highest BCUT2D eigenvalue weighted by Crippen LogP contribution is 2.25. The molecule has 3 nitrogen and oxygen atoms in total. The topological polar surface area (TPSA) is 40.7 Å². The van der Waals surface area contributed by atoms with E-state index < -0.39 is 0 Å². The summed E-state index contributed by atoms with van der Waals surface area (Å²) in [5, 5.41) is 4.67. The molecule has 4 rings (SSSR count). The number of nitrogens with zero attached hydrogens (tertiary/aromatic N) is 1. The second-order valence-corrected chi connectivity index (χ2v) is 6.35. The number of fused-ring (bicyclic) bond motifs is 1. The van der Waals surface area contributed by atoms with E-state index in [1.807, 2.05) is 36.5 Å². The van der Waals surface area contributed by atoms with Gasteiger partial charge in [-0.3, -0.25) is 4.98 Å². The molecule has 0 aliphatic heterocycles. The Hall–Kier alpha value is -3.14. The number of rotatable bonds is 6. The Morgan fingerprint density at radius 3 is 2.62 bits per heavy atom. The Balaban J connectivity index is 1.58. The molecule has 0 unspecified atom stereocenters. The molecular weight excluding hydrogens is 325 g/mol. The van der Waals surface area contributed by atoms with Crippen LogP contribution in [-0.2, 0) is 12.8 Å². The van der Waals surface area contributed by atoms with E-state index in [0.29, 0.717) is 0 Å². The third kappa shape index (κ3) is 3.59. The molecule has 0 radical (unpaired) electrons. The van der Waals surface area contributed by atoms with Gasteiger partial charge >= 0.3 is 0 Å². The SMILES string of the molecule is Fc1ccc(Cc2[nH]c3ccccc3c2CCNc2cccnc2)cc1. The molecule has 0 amide bonds. The average Bonchev–Trinajstić information content (AvgIpc) is 3.02. The lowest BCUT2D eigenvalue weighted by atomic mass is 10.0. The molecule has 0 bridgehead atoms. The van der Waals surface area contributed by atoms with Crippen LogP contribution in [0, 0.1) is 5.82 Å². The molecule has 130 valence electrons. The molecule has 0 spiro atoms. The largest absolute Gasteiger partial charge is 0.383 e. The third-order valence-corrected chi connectivity index (χ3v) is 4.56. The van der Waals surface area contributed by atoms with Gasteiger partial charge in [-0.1, -0.05) is 30.3 Å². The average molecular weight is 345 g/mol. The van der Waals surface area contributed by atoms with Crippen molar-refractivity contribution >= 4 is 16.6 Å². The van der Waals surface area contributed by atoms with Gasteiger partial charge in [0, 0.05) is 42.0 Å². The van der Waals surface area contributed by atoms with Gasteiger partial charge in [-0.05, 0) is 47.9 Å². The van der Waals surface area contributed by atoms with Gasteiger partial charge in [-0.25, -0.2) is 4.39 Å². The van der Waals surface area contributed by atoms with Crippen LogP contribution < -0.4 is 5.32 Å². The summed E-state index contributed by atoms with van der Waals surface area (Å²) >= 11 is 0. The lowest BCUT2D eigenvalue weighted by molar-refractivity contribution is 0.627. The first-order valence-electron chi connectivity index (χ1n) is 8.76. The minimum Gasteiger partial charge on any atom is -0.383 e. The van der Waals surface area contributed by atoms with Gasteiger partial charge in [-0.15, -0.1) is 0 Å². The first-order valence-corrected chi connectivity index (χ1v) is 8.76. The van der Waals surface area contributed by atoms with E-state index in [1.165, 1.54) is 28.8 Å². The number of hydrogen-bond donors (Lipinski definition) is 2. The lowest BCUT2D eigenvalue weighted by Crippen LogP contribution is -2.06. The summed E-state index contributed by atoms with van der Waals surface area (Å²) in [4.78, 5) is 7.67. The predicted octanol–water partition coefficient (Wildman–Crippen LogP) is 4.95. The molecule has 26 heavy (non-hydrogen) atoms. The van der Waals surface area contributed by atoms with E-state index in [-0.39, 0.29) is 5.82 Å². The van der Waals surface area contributed by atoms with Crippen molar-refractivity contribution < 1.29 is 4.39 Å². The summed E-state index contributed by atoms with van der Waals surface area (Å²) in [7, 11) is 0. The molecule has 2 N–H and O–H groups in total. The van der Waals surface area contributed by atoms with Crippen molar-refractivity contribution in [2.24, 2.45) is 0 Å². The zero-order valence-electron chi connectivity index (χ0n) is 14.4. The molecule has 2 aromatic carbocycles. The minimum atomic E-state index is -0.203. The molecule has 0 fully saturated rings. The van der Waals surface area contributed by atoms with Gasteiger partial charge < -0.3 is 10.3 Å². The van der Waals surface area contributed by atoms with Crippen LogP contribution in [0.4, 0.5) is 10.1 Å². The molecule has 2 aromatic heterocycles. The molecule has 4 heteroatoms. The normalized spacial score (nSPS) is 11.0. The Morgan fingerprint density at radius 1 is 0.962 bits per heavy atom. The quantitative estimate of drug-likeness (QED) is 0.519. The van der Waals surface area contributed by atoms with Crippen molar-refractivity contribution in [3.63, 3.8) is 0 Å². The van der Waals surface area contributed by atoms with Gasteiger partial charge in [0.2, 0.25) is 0 Å². The number of hydrogen-bond acceptors (Lipinski definition) is 2. The summed E-state index contributed by atoms with van der Waals surface area (Å²) in [5.41, 5.74) is 5.75. The van der Waals surface area contributed by atoms with Crippen molar-refractivity contribution in [1.29, 1.82) is 0 Å². The first-order chi connectivity index (χ1) is 12.8. The maximum absolute atomic E-state index is 13.2. The number of H-pyrrole nitrogens is 1. The zero-order valence-corrected chi connectivity index (χ0v) is 14.4. The molecule has 0 saturated heterocycles. The van der Waals surface area contributed by atoms with E-state index >= 15 is 0 Å². The molecule has 0 saturated carbocycles. The maximum atomic E-state index is 13.2. The Kier molecular flexibility index (Phi) is 4.65. The highest BCUT2D eigenvalue weighted by molar-refractivity contribution is 5.84. The maximum Gasteiger partial charge on any atom is 0.123 e. The van der Waals surface area contributed by atoms with Crippen molar-refractivity contribution in [2.45, 2.75) is 12.8 Å². The van der Waals surface area contributed by atoms with Gasteiger partial charge in [-0.2, -0.15) is 0 Å². The Morgan fingerprint density at radius 2 is 1.81 bits per heavy atom. The number of benzene rings is 2. The van der Waals surface area contributed by atoms with Gasteiger partial charge in [0.15, 0.2) is 0 Å². The molecule has 0 aliphatic carbocycles. The van der Waals surface area contributed by atoms with Crippen LogP contribution in [0.15, 0.2) is 73.1 Å². The van der Waals surface area contributed by atoms with Gasteiger partial charge in [0.1, 0.15) is 5.82 Å². The van der Waals surface area contributed by atoms with Crippen LogP contribution in [0.5, 0.6) is 0 Å². The monoisotopic (exact) mass is 345 g/mol. The third-order valence-electron chi connectivity index (χ3n) is 4.56. The Bertz CT molecular complexity index is 991. The summed E-state index contributed by atoms with van der Waals surface area (Å²) in [6, 6.07) is 19.0. The fraction of sp³-hybridized carbons (Fsp3) is 0.136. The van der Waals surface area contributed by atoms with Gasteiger partial charge in [0.05, 0.1) is 5.69 Å². The smallest absolute Gasteiger partial charge is 0.123 e. The number of anilines is 1. The number of halogens is 1. The molecule has 0 atom stereocenters. The Labute approximate surface area is 151 Å². The van der Waals surface area contributed by atoms with Crippen molar-refractivity contribution in [1.82, 2.24) is 9.97 Å². The molecule has 4 aromatic rings. The van der Waals surface area contributed by atoms with E-state index in [9.17, 15) is 4.39 Å². The number of pyridine rings is 1. The van der Waals surface area contributed by atoms with E-state index in [2.05, 4.69) is 33.5 Å². The molecule has 2 heterocycles. The zero-order chi connectivity index (χ0) is 17.8. The summed E-state index contributed by atoms with van der Waals surface area (Å²) in [6.07, 6.45) is 5.26. The van der Waals surface area contributed by atoms with E-state index in [1.54, 1.807) is 6.20 Å². The second-order valence-electron chi connectivity index (χ2n) is 6.35. The highest BCUT2D eigenvalue weighted by Gasteiger charge is 2.11. The first kappa shape index (κ1) is 16.3. The van der Waals surface area contributed by atoms with Crippen LogP contribution in [-0.4, -0.2) is 16.5 Å². The molecular formula is C22H20FN3. The number of nitrogens with one attached hydrogen (secondary N) is 2. The van der Waals surface area contributed by atoms with Crippen molar-refractivity contribution in [3.8, 4) is 0 Å². The number of aromatic amines is 1. The second kappa shape index (κ2) is 7.40. The minimum absolute atomic E-state index is 0.203. The van der Waals surface area contributed by atoms with Crippen LogP contribution in [0.3, 0.4) is 0 Å². The van der Waals surface area contributed by atoms with Crippen molar-refractivity contribution in [2.75, 3.05) is 11.9 Å². The van der Waals surface area contributed by atoms with Gasteiger partial charge in [0.25, 0.3) is 0 Å². The van der Waals surface area contributed by atoms with Crippen LogP contribution in [0.2, 0.25) is 0 Å².